The third-order valence-electron chi connectivity index (χ3n) is 3.25. The Hall–Kier alpha value is -0.0900. The van der Waals surface area contributed by atoms with Gasteiger partial charge in [0, 0.05) is 6.54 Å². The first-order chi connectivity index (χ1) is 6.12. The first-order valence-corrected chi connectivity index (χ1v) is 6.85. The van der Waals surface area contributed by atoms with E-state index in [1.165, 1.54) is 0 Å². The lowest BCUT2D eigenvalue weighted by Crippen LogP contribution is -2.47. The summed E-state index contributed by atoms with van der Waals surface area (Å²) in [6.45, 7) is 1.97. The zero-order valence-electron chi connectivity index (χ0n) is 7.88. The van der Waals surface area contributed by atoms with Gasteiger partial charge in [-0.3, -0.25) is 0 Å². The van der Waals surface area contributed by atoms with Gasteiger partial charge in [-0.15, -0.1) is 0 Å². The maximum atomic E-state index is 11.5. The second-order valence-electron chi connectivity index (χ2n) is 4.48. The summed E-state index contributed by atoms with van der Waals surface area (Å²) in [5.41, 5.74) is 0.0926. The minimum absolute atomic E-state index is 0.0926. The highest BCUT2D eigenvalue weighted by molar-refractivity contribution is 7.91. The Bertz CT molecular complexity index is 272. The molecule has 2 aliphatic rings. The van der Waals surface area contributed by atoms with Crippen molar-refractivity contribution in [2.75, 3.05) is 24.6 Å². The SMILES string of the molecule is O=S1(=O)CCCC2(CCCNC2)C1. The third kappa shape index (κ3) is 2.05. The van der Waals surface area contributed by atoms with Gasteiger partial charge in [-0.1, -0.05) is 0 Å². The van der Waals surface area contributed by atoms with Gasteiger partial charge in [0.2, 0.25) is 0 Å². The van der Waals surface area contributed by atoms with Gasteiger partial charge in [0.1, 0.15) is 0 Å². The monoisotopic (exact) mass is 203 g/mol. The van der Waals surface area contributed by atoms with Crippen molar-refractivity contribution in [1.82, 2.24) is 5.32 Å². The fourth-order valence-corrected chi connectivity index (χ4v) is 4.70. The molecule has 3 nitrogen and oxygen atoms in total. The molecule has 0 aromatic rings. The highest BCUT2D eigenvalue weighted by Gasteiger charge is 2.39. The number of sulfone groups is 1. The van der Waals surface area contributed by atoms with E-state index in [0.29, 0.717) is 11.5 Å². The molecular formula is C9H17NO2S. The Morgan fingerprint density at radius 1 is 1.15 bits per heavy atom. The molecule has 76 valence electrons. The topological polar surface area (TPSA) is 46.2 Å². The number of hydrogen-bond acceptors (Lipinski definition) is 3. The molecule has 0 aliphatic carbocycles. The number of piperidine rings is 1. The first-order valence-electron chi connectivity index (χ1n) is 5.03. The summed E-state index contributed by atoms with van der Waals surface area (Å²) < 4.78 is 23.0. The molecule has 0 amide bonds. The molecule has 2 fully saturated rings. The molecule has 1 N–H and O–H groups in total. The van der Waals surface area contributed by atoms with Gasteiger partial charge >= 0.3 is 0 Å². The molecule has 2 saturated heterocycles. The Morgan fingerprint density at radius 3 is 2.54 bits per heavy atom. The highest BCUT2D eigenvalue weighted by atomic mass is 32.2. The van der Waals surface area contributed by atoms with Crippen molar-refractivity contribution in [2.24, 2.45) is 5.41 Å². The van der Waals surface area contributed by atoms with E-state index < -0.39 is 9.84 Å². The quantitative estimate of drug-likeness (QED) is 0.626. The van der Waals surface area contributed by atoms with Gasteiger partial charge in [-0.05, 0) is 37.6 Å². The Morgan fingerprint density at radius 2 is 1.92 bits per heavy atom. The molecule has 0 aromatic carbocycles. The smallest absolute Gasteiger partial charge is 0.150 e. The Kier molecular flexibility index (Phi) is 2.36. The normalized spacial score (nSPS) is 39.1. The second kappa shape index (κ2) is 3.24. The number of rotatable bonds is 0. The van der Waals surface area contributed by atoms with Crippen molar-refractivity contribution in [3.05, 3.63) is 0 Å². The summed E-state index contributed by atoms with van der Waals surface area (Å²) >= 11 is 0. The van der Waals surface area contributed by atoms with Gasteiger partial charge in [0.05, 0.1) is 11.5 Å². The lowest BCUT2D eigenvalue weighted by atomic mass is 9.78. The van der Waals surface area contributed by atoms with Gasteiger partial charge in [-0.25, -0.2) is 8.42 Å². The summed E-state index contributed by atoms with van der Waals surface area (Å²) in [7, 11) is -2.73. The zero-order valence-corrected chi connectivity index (χ0v) is 8.70. The van der Waals surface area contributed by atoms with Crippen LogP contribution in [-0.2, 0) is 9.84 Å². The second-order valence-corrected chi connectivity index (χ2v) is 6.66. The molecule has 2 aliphatic heterocycles. The van der Waals surface area contributed by atoms with Crippen LogP contribution in [0, 0.1) is 5.41 Å². The molecule has 1 atom stereocenters. The minimum Gasteiger partial charge on any atom is -0.316 e. The van der Waals surface area contributed by atoms with Crippen molar-refractivity contribution in [3.8, 4) is 0 Å². The Labute approximate surface area is 79.8 Å². The standard InChI is InChI=1S/C9H17NO2S/c11-13(12)6-2-4-9(8-13)3-1-5-10-7-9/h10H,1-8H2. The van der Waals surface area contributed by atoms with Crippen LogP contribution in [0.3, 0.4) is 0 Å². The van der Waals surface area contributed by atoms with Gasteiger partial charge < -0.3 is 5.32 Å². The van der Waals surface area contributed by atoms with Crippen molar-refractivity contribution < 1.29 is 8.42 Å². The lowest BCUT2D eigenvalue weighted by molar-refractivity contribution is 0.213. The largest absolute Gasteiger partial charge is 0.316 e. The summed E-state index contributed by atoms with van der Waals surface area (Å²) in [5.74, 6) is 0.835. The zero-order chi connectivity index (χ0) is 9.36. The first kappa shape index (κ1) is 9.46. The summed E-state index contributed by atoms with van der Waals surface area (Å²) in [5, 5.41) is 3.32. The molecule has 2 heterocycles. The van der Waals surface area contributed by atoms with E-state index in [9.17, 15) is 8.42 Å². The van der Waals surface area contributed by atoms with E-state index in [4.69, 9.17) is 0 Å². The van der Waals surface area contributed by atoms with Gasteiger partial charge in [0.15, 0.2) is 9.84 Å². The van der Waals surface area contributed by atoms with Crippen molar-refractivity contribution >= 4 is 9.84 Å². The van der Waals surface area contributed by atoms with Gasteiger partial charge in [0.25, 0.3) is 0 Å². The molecule has 0 saturated carbocycles. The number of nitrogens with one attached hydrogen (secondary N) is 1. The summed E-state index contributed by atoms with van der Waals surface area (Å²) in [6, 6.07) is 0. The predicted octanol–water partition coefficient (Wildman–Crippen LogP) is 0.565. The number of hydrogen-bond donors (Lipinski definition) is 1. The molecular weight excluding hydrogens is 186 g/mol. The van der Waals surface area contributed by atoms with Crippen molar-refractivity contribution in [3.63, 3.8) is 0 Å². The van der Waals surface area contributed by atoms with E-state index in [-0.39, 0.29) is 5.41 Å². The highest BCUT2D eigenvalue weighted by Crippen LogP contribution is 2.36. The molecule has 1 unspecified atom stereocenters. The van der Waals surface area contributed by atoms with Crippen LogP contribution in [0.2, 0.25) is 0 Å². The van der Waals surface area contributed by atoms with Crippen LogP contribution in [0.15, 0.2) is 0 Å². The van der Waals surface area contributed by atoms with Crippen LogP contribution >= 0.6 is 0 Å². The molecule has 0 radical (unpaired) electrons. The van der Waals surface area contributed by atoms with Crippen LogP contribution in [-0.4, -0.2) is 33.0 Å². The van der Waals surface area contributed by atoms with Crippen LogP contribution in [0.4, 0.5) is 0 Å². The van der Waals surface area contributed by atoms with E-state index in [1.807, 2.05) is 0 Å². The maximum absolute atomic E-state index is 11.5. The summed E-state index contributed by atoms with van der Waals surface area (Å²) in [6.07, 6.45) is 4.19. The average molecular weight is 203 g/mol. The van der Waals surface area contributed by atoms with Crippen LogP contribution in [0.25, 0.3) is 0 Å². The van der Waals surface area contributed by atoms with E-state index in [2.05, 4.69) is 5.32 Å². The minimum atomic E-state index is -2.73. The average Bonchev–Trinajstić information content (AvgIpc) is 2.03. The molecule has 0 aromatic heterocycles. The summed E-state index contributed by atoms with van der Waals surface area (Å²) in [4.78, 5) is 0. The fraction of sp³-hybridized carbons (Fsp3) is 1.00. The van der Waals surface area contributed by atoms with Crippen LogP contribution < -0.4 is 5.32 Å². The van der Waals surface area contributed by atoms with Crippen LogP contribution in [0.5, 0.6) is 0 Å². The third-order valence-corrected chi connectivity index (χ3v) is 5.21. The van der Waals surface area contributed by atoms with Crippen molar-refractivity contribution in [1.29, 1.82) is 0 Å². The molecule has 0 bridgehead atoms. The molecule has 13 heavy (non-hydrogen) atoms. The van der Waals surface area contributed by atoms with E-state index >= 15 is 0 Å². The maximum Gasteiger partial charge on any atom is 0.150 e. The van der Waals surface area contributed by atoms with Gasteiger partial charge in [-0.2, -0.15) is 0 Å². The molecule has 2 rings (SSSR count). The fourth-order valence-electron chi connectivity index (χ4n) is 2.64. The Balaban J connectivity index is 2.13. The predicted molar refractivity (Wildman–Crippen MR) is 52.4 cm³/mol. The molecule has 1 spiro atoms. The lowest BCUT2D eigenvalue weighted by Gasteiger charge is -2.40. The van der Waals surface area contributed by atoms with Crippen LogP contribution in [0.1, 0.15) is 25.7 Å². The molecule has 4 heteroatoms. The van der Waals surface area contributed by atoms with Crippen molar-refractivity contribution in [2.45, 2.75) is 25.7 Å². The van der Waals surface area contributed by atoms with E-state index in [0.717, 1.165) is 38.8 Å². The van der Waals surface area contributed by atoms with E-state index in [1.54, 1.807) is 0 Å².